The Kier molecular flexibility index (Phi) is 32.4. The van der Waals surface area contributed by atoms with E-state index in [0.717, 1.165) is 31.4 Å². The second kappa shape index (κ2) is 35.4. The number of nitrogens with zero attached hydrogens (tertiary/aromatic N) is 1. The number of ether oxygens (including phenoxy) is 7. The van der Waals surface area contributed by atoms with Gasteiger partial charge in [0.25, 0.3) is 0 Å². The van der Waals surface area contributed by atoms with Crippen molar-refractivity contribution in [3.63, 3.8) is 0 Å². The summed E-state index contributed by atoms with van der Waals surface area (Å²) in [4.78, 5) is 61.2. The van der Waals surface area contributed by atoms with Gasteiger partial charge in [-0.15, -0.1) is 0 Å². The fraction of sp³-hybridized carbons (Fsp3) is 0.841. The van der Waals surface area contributed by atoms with E-state index < -0.39 is 17.0 Å². The van der Waals surface area contributed by atoms with E-state index in [9.17, 15) is 29.2 Å². The van der Waals surface area contributed by atoms with Gasteiger partial charge in [-0.1, -0.05) is 5.16 Å². The summed E-state index contributed by atoms with van der Waals surface area (Å²) in [5.41, 5.74) is 4.93. The predicted octanol–water partition coefficient (Wildman–Crippen LogP) is -2.14. The van der Waals surface area contributed by atoms with Crippen LogP contribution in [0.15, 0.2) is 5.16 Å². The average Bonchev–Trinajstić information content (AvgIpc) is 3.97. The molecule has 1 saturated carbocycles. The quantitative estimate of drug-likeness (QED) is 0.0104. The van der Waals surface area contributed by atoms with Crippen molar-refractivity contribution in [3.8, 4) is 0 Å². The lowest BCUT2D eigenvalue weighted by atomic mass is 9.94. The zero-order valence-corrected chi connectivity index (χ0v) is 40.6. The van der Waals surface area contributed by atoms with E-state index in [1.807, 2.05) is 34.6 Å². The number of nitrogens with one attached hydrogen (secondary N) is 6. The molecular formula is C44H84N9O13+. The van der Waals surface area contributed by atoms with Crippen LogP contribution < -0.4 is 43.0 Å². The highest BCUT2D eigenvalue weighted by Gasteiger charge is 2.54. The van der Waals surface area contributed by atoms with Gasteiger partial charge in [0.1, 0.15) is 32.7 Å². The lowest BCUT2D eigenvalue weighted by Gasteiger charge is -2.27. The van der Waals surface area contributed by atoms with Crippen molar-refractivity contribution in [2.75, 3.05) is 132 Å². The van der Waals surface area contributed by atoms with Gasteiger partial charge in [0, 0.05) is 33.1 Å². The Hall–Kier alpha value is -3.71. The molecule has 66 heavy (non-hydrogen) atoms. The van der Waals surface area contributed by atoms with Crippen molar-refractivity contribution in [2.24, 2.45) is 22.7 Å². The van der Waals surface area contributed by atoms with Crippen molar-refractivity contribution < 1.29 is 67.7 Å². The Morgan fingerprint density at radius 2 is 1.11 bits per heavy atom. The number of carbonyl (C=O) groups excluding carboxylic acids is 5. The molecule has 1 rings (SSSR count). The molecule has 1 aliphatic rings. The summed E-state index contributed by atoms with van der Waals surface area (Å²) in [6, 6.07) is 0. The smallest absolute Gasteiger partial charge is 0.246 e. The number of carbonyl (C=O) groups is 5. The maximum absolute atomic E-state index is 12.6. The van der Waals surface area contributed by atoms with Crippen LogP contribution >= 0.6 is 0 Å². The number of hydrogen-bond donors (Lipinski definition) is 9. The van der Waals surface area contributed by atoms with E-state index in [1.165, 1.54) is 0 Å². The largest absolute Gasteiger partial charge is 0.411 e. The van der Waals surface area contributed by atoms with Crippen LogP contribution in [0.4, 0.5) is 0 Å². The standard InChI is InChI=1S/C44H83N9O13/c1-34(46)42(3,4)50-15-10-36(11-16-51-43(5,6)35(2)53-59)9-14-48-39(56)30-66-32-41(58)52-44(33-54)28-37(44)8-7-13-47-38(55)29-65-31-40(57)49-17-19-61-21-23-63-25-27-64-26-24-62-22-20-60-18-12-45/h33,36-37,46,50-51,59H,7-32,45H2,1-6H3,(H,47,55)(H,48,56)(H,49,57)(H,52,58)/p+1/b46-34?,53-35-/t36?,37-,44-/m0/s1. The Morgan fingerprint density at radius 1 is 0.667 bits per heavy atom. The van der Waals surface area contributed by atoms with Gasteiger partial charge >= 0.3 is 0 Å². The Balaban J connectivity index is 2.16. The van der Waals surface area contributed by atoms with Crippen LogP contribution in [0, 0.1) is 11.8 Å². The lowest BCUT2D eigenvalue weighted by molar-refractivity contribution is -0.133. The second-order valence-corrected chi connectivity index (χ2v) is 17.3. The molecule has 0 saturated heterocycles. The number of rotatable bonds is 44. The molecule has 1 aliphatic carbocycles. The minimum Gasteiger partial charge on any atom is -0.411 e. The molecule has 0 radical (unpaired) electrons. The predicted molar refractivity (Wildman–Crippen MR) is 247 cm³/mol. The first kappa shape index (κ1) is 60.3. The van der Waals surface area contributed by atoms with Crippen LogP contribution in [0.1, 0.15) is 80.1 Å². The Morgan fingerprint density at radius 3 is 1.59 bits per heavy atom. The topological polar surface area (TPSA) is 306 Å². The number of aldehydes is 1. The number of amides is 4. The van der Waals surface area contributed by atoms with Gasteiger partial charge in [-0.05, 0) is 98.1 Å². The molecule has 0 spiro atoms. The molecule has 22 heteroatoms. The molecule has 1 fully saturated rings. The molecule has 4 amide bonds. The molecule has 0 aromatic rings. The minimum absolute atomic E-state index is 0.0930. The van der Waals surface area contributed by atoms with Crippen LogP contribution in [0.25, 0.3) is 0 Å². The molecule has 0 aliphatic heterocycles. The molecule has 3 atom stereocenters. The fourth-order valence-electron chi connectivity index (χ4n) is 6.28. The van der Waals surface area contributed by atoms with E-state index in [4.69, 9.17) is 44.3 Å². The summed E-state index contributed by atoms with van der Waals surface area (Å²) >= 11 is 0. The normalized spacial score (nSPS) is 16.7. The third-order valence-corrected chi connectivity index (χ3v) is 11.2. The maximum atomic E-state index is 12.6. The molecule has 0 aromatic heterocycles. The van der Waals surface area contributed by atoms with Gasteiger partial charge in [0.05, 0.1) is 88.4 Å². The monoisotopic (exact) mass is 947 g/mol. The molecule has 382 valence electrons. The highest BCUT2D eigenvalue weighted by atomic mass is 16.6. The van der Waals surface area contributed by atoms with Gasteiger partial charge in [0.2, 0.25) is 23.6 Å². The van der Waals surface area contributed by atoms with Crippen LogP contribution in [-0.4, -0.2) is 195 Å². The number of hydrogen-bond acceptors (Lipinski definition) is 17. The maximum Gasteiger partial charge on any atom is 0.246 e. The first-order chi connectivity index (χ1) is 31.5. The zero-order chi connectivity index (χ0) is 49.1. The summed E-state index contributed by atoms with van der Waals surface area (Å²) in [7, 11) is 0. The highest BCUT2D eigenvalue weighted by molar-refractivity contribution is 5.90. The molecule has 22 nitrogen and oxygen atoms in total. The number of oxime groups is 1. The average molecular weight is 947 g/mol. The van der Waals surface area contributed by atoms with Gasteiger partial charge in [0.15, 0.2) is 5.71 Å². The molecule has 0 bridgehead atoms. The number of nitrogens with two attached hydrogens (primary N) is 2. The van der Waals surface area contributed by atoms with Crippen molar-refractivity contribution >= 4 is 41.3 Å². The molecule has 0 aromatic carbocycles. The summed E-state index contributed by atoms with van der Waals surface area (Å²) in [5.74, 6) is -1.45. The van der Waals surface area contributed by atoms with Gasteiger partial charge in [-0.3, -0.25) is 24.6 Å². The lowest BCUT2D eigenvalue weighted by Crippen LogP contribution is -2.57. The fourth-order valence-corrected chi connectivity index (χ4v) is 6.28. The molecular weight excluding hydrogens is 863 g/mol. The van der Waals surface area contributed by atoms with Crippen molar-refractivity contribution in [1.29, 1.82) is 0 Å². The SMILES string of the molecule is CC(=[NH2+])C(C)(C)NCCC(CCNC(=O)COCC(=O)N[C@]1(C=O)C[C@@H]1CCCNC(=O)COCC(=O)NCCOCCOCCOCCOCCOCCN)CCNC(C)(C)/C(C)=N\O. The first-order valence-electron chi connectivity index (χ1n) is 23.1. The summed E-state index contributed by atoms with van der Waals surface area (Å²) in [5, 5.41) is 36.5. The van der Waals surface area contributed by atoms with E-state index >= 15 is 0 Å². The van der Waals surface area contributed by atoms with Crippen LogP contribution in [-0.2, 0) is 57.1 Å². The van der Waals surface area contributed by atoms with Crippen molar-refractivity contribution in [3.05, 3.63) is 0 Å². The first-order valence-corrected chi connectivity index (χ1v) is 23.1. The Bertz CT molecular complexity index is 1440. The molecule has 11 N–H and O–H groups in total. The van der Waals surface area contributed by atoms with Crippen LogP contribution in [0.3, 0.4) is 0 Å². The van der Waals surface area contributed by atoms with Gasteiger partial charge < -0.3 is 80.8 Å². The van der Waals surface area contributed by atoms with E-state index in [0.29, 0.717) is 124 Å². The van der Waals surface area contributed by atoms with Crippen LogP contribution in [0.2, 0.25) is 0 Å². The van der Waals surface area contributed by atoms with E-state index in [1.54, 1.807) is 6.92 Å². The van der Waals surface area contributed by atoms with E-state index in [-0.39, 0.29) is 68.1 Å². The minimum atomic E-state index is -0.997. The van der Waals surface area contributed by atoms with Crippen LogP contribution in [0.5, 0.6) is 0 Å². The molecule has 1 unspecified atom stereocenters. The second-order valence-electron chi connectivity index (χ2n) is 17.3. The van der Waals surface area contributed by atoms with E-state index in [2.05, 4.69) is 37.1 Å². The van der Waals surface area contributed by atoms with Crippen molar-refractivity contribution in [2.45, 2.75) is 96.7 Å². The summed E-state index contributed by atoms with van der Waals surface area (Å²) in [6.07, 6.45) is 4.74. The third kappa shape index (κ3) is 29.1. The summed E-state index contributed by atoms with van der Waals surface area (Å²) < 4.78 is 37.4. The summed E-state index contributed by atoms with van der Waals surface area (Å²) in [6.45, 7) is 17.6. The van der Waals surface area contributed by atoms with Gasteiger partial charge in [-0.2, -0.15) is 0 Å². The van der Waals surface area contributed by atoms with Gasteiger partial charge in [-0.25, -0.2) is 0 Å². The Labute approximate surface area is 391 Å². The third-order valence-electron chi connectivity index (χ3n) is 11.2. The molecule has 0 heterocycles. The highest BCUT2D eigenvalue weighted by Crippen LogP contribution is 2.44. The van der Waals surface area contributed by atoms with Crippen molar-refractivity contribution in [1.82, 2.24) is 31.9 Å². The zero-order valence-electron chi connectivity index (χ0n) is 40.6.